The summed E-state index contributed by atoms with van der Waals surface area (Å²) in [6.45, 7) is 2.01. The van der Waals surface area contributed by atoms with Gasteiger partial charge in [0.2, 0.25) is 0 Å². The predicted molar refractivity (Wildman–Crippen MR) is 139 cm³/mol. The molecular weight excluding hydrogens is 464 g/mol. The fraction of sp³-hybridized carbons (Fsp3) is 0.0741. The van der Waals surface area contributed by atoms with Crippen molar-refractivity contribution in [1.29, 1.82) is 0 Å². The second kappa shape index (κ2) is 9.59. The molecule has 0 aliphatic heterocycles. The molecule has 0 atom stereocenters. The summed E-state index contributed by atoms with van der Waals surface area (Å²) in [7, 11) is 0. The van der Waals surface area contributed by atoms with Gasteiger partial charge in [0.15, 0.2) is 0 Å². The van der Waals surface area contributed by atoms with Crippen LogP contribution in [0, 0.1) is 0 Å². The van der Waals surface area contributed by atoms with Gasteiger partial charge in [-0.25, -0.2) is 9.78 Å². The van der Waals surface area contributed by atoms with E-state index in [2.05, 4.69) is 5.32 Å². The molecule has 0 unspecified atom stereocenters. The van der Waals surface area contributed by atoms with Gasteiger partial charge in [-0.1, -0.05) is 54.6 Å². The first-order chi connectivity index (χ1) is 16.7. The fourth-order valence-electron chi connectivity index (χ4n) is 3.77. The first-order valence-corrected chi connectivity index (χ1v) is 12.5. The maximum absolute atomic E-state index is 13.5. The van der Waals surface area contributed by atoms with E-state index in [4.69, 9.17) is 9.72 Å². The summed E-state index contributed by atoms with van der Waals surface area (Å²) in [6, 6.07) is 22.9. The summed E-state index contributed by atoms with van der Waals surface area (Å²) in [6.07, 6.45) is 0. The van der Waals surface area contributed by atoms with Crippen LogP contribution in [0.3, 0.4) is 0 Å². The van der Waals surface area contributed by atoms with Gasteiger partial charge in [0.25, 0.3) is 5.91 Å². The summed E-state index contributed by atoms with van der Waals surface area (Å²) in [4.78, 5) is 32.2. The van der Waals surface area contributed by atoms with Crippen LogP contribution in [0.5, 0.6) is 0 Å². The SMILES string of the molecule is CCOC(=O)c1c(-c2ccccc2)csc1NC(=O)c1cc(-c2cccs2)nc2ccccc12. The minimum absolute atomic E-state index is 0.245. The molecule has 0 aliphatic rings. The minimum Gasteiger partial charge on any atom is -0.462 e. The molecule has 0 saturated heterocycles. The number of aromatic nitrogens is 1. The topological polar surface area (TPSA) is 68.3 Å². The number of amides is 1. The van der Waals surface area contributed by atoms with Crippen LogP contribution >= 0.6 is 22.7 Å². The molecule has 3 aromatic heterocycles. The van der Waals surface area contributed by atoms with Crippen molar-refractivity contribution in [3.8, 4) is 21.7 Å². The number of carbonyl (C=O) groups is 2. The summed E-state index contributed by atoms with van der Waals surface area (Å²) in [5, 5.41) is 8.04. The molecule has 5 rings (SSSR count). The minimum atomic E-state index is -0.461. The number of hydrogen-bond acceptors (Lipinski definition) is 6. The number of carbonyl (C=O) groups excluding carboxylic acids is 2. The average Bonchev–Trinajstić information content (AvgIpc) is 3.55. The first-order valence-electron chi connectivity index (χ1n) is 10.7. The standard InChI is InChI=1S/C27H20N2O3S2/c1-2-32-27(31)24-20(17-9-4-3-5-10-17)16-34-26(24)29-25(30)19-15-22(23-13-8-14-33-23)28-21-12-7-6-11-18(19)21/h3-16H,2H2,1H3,(H,29,30). The third-order valence-electron chi connectivity index (χ3n) is 5.32. The second-order valence-electron chi connectivity index (χ2n) is 7.44. The molecule has 7 heteroatoms. The number of para-hydroxylation sites is 1. The number of ether oxygens (including phenoxy) is 1. The van der Waals surface area contributed by atoms with Gasteiger partial charge < -0.3 is 10.1 Å². The molecule has 3 heterocycles. The van der Waals surface area contributed by atoms with E-state index in [-0.39, 0.29) is 12.5 Å². The molecule has 168 valence electrons. The quantitative estimate of drug-likeness (QED) is 0.261. The van der Waals surface area contributed by atoms with Gasteiger partial charge in [0.05, 0.1) is 28.3 Å². The number of nitrogens with one attached hydrogen (secondary N) is 1. The third-order valence-corrected chi connectivity index (χ3v) is 7.10. The highest BCUT2D eigenvalue weighted by Gasteiger charge is 2.24. The van der Waals surface area contributed by atoms with E-state index < -0.39 is 5.97 Å². The van der Waals surface area contributed by atoms with Gasteiger partial charge >= 0.3 is 5.97 Å². The Labute approximate surface area is 204 Å². The summed E-state index contributed by atoms with van der Waals surface area (Å²) in [5.74, 6) is -0.764. The van der Waals surface area contributed by atoms with Crippen molar-refractivity contribution in [3.63, 3.8) is 0 Å². The van der Waals surface area contributed by atoms with Gasteiger partial charge in [-0.15, -0.1) is 22.7 Å². The molecule has 1 amide bonds. The van der Waals surface area contributed by atoms with Gasteiger partial charge in [0, 0.05) is 16.3 Å². The molecular formula is C27H20N2O3S2. The van der Waals surface area contributed by atoms with E-state index >= 15 is 0 Å². The zero-order valence-electron chi connectivity index (χ0n) is 18.3. The molecule has 0 fully saturated rings. The van der Waals surface area contributed by atoms with Gasteiger partial charge in [0.1, 0.15) is 10.6 Å². The number of pyridine rings is 1. The number of fused-ring (bicyclic) bond motifs is 1. The number of benzene rings is 2. The zero-order valence-corrected chi connectivity index (χ0v) is 19.9. The van der Waals surface area contributed by atoms with E-state index in [9.17, 15) is 9.59 Å². The van der Waals surface area contributed by atoms with E-state index in [0.29, 0.717) is 16.1 Å². The lowest BCUT2D eigenvalue weighted by atomic mass is 10.0. The highest BCUT2D eigenvalue weighted by Crippen LogP contribution is 2.37. The van der Waals surface area contributed by atoms with Crippen LogP contribution in [0.2, 0.25) is 0 Å². The maximum Gasteiger partial charge on any atom is 0.341 e. The van der Waals surface area contributed by atoms with Crippen molar-refractivity contribution in [3.05, 3.63) is 94.7 Å². The van der Waals surface area contributed by atoms with Gasteiger partial charge in [-0.3, -0.25) is 4.79 Å². The Morgan fingerprint density at radius 3 is 2.53 bits per heavy atom. The number of rotatable bonds is 6. The Morgan fingerprint density at radius 1 is 0.971 bits per heavy atom. The molecule has 5 aromatic rings. The van der Waals surface area contributed by atoms with Crippen LogP contribution in [0.25, 0.3) is 32.6 Å². The summed E-state index contributed by atoms with van der Waals surface area (Å²) in [5.41, 5.74) is 3.96. The molecule has 0 spiro atoms. The molecule has 1 N–H and O–H groups in total. The summed E-state index contributed by atoms with van der Waals surface area (Å²) >= 11 is 2.88. The molecule has 0 aliphatic carbocycles. The molecule has 0 radical (unpaired) electrons. The van der Waals surface area contributed by atoms with Crippen LogP contribution in [-0.2, 0) is 4.74 Å². The monoisotopic (exact) mass is 484 g/mol. The highest BCUT2D eigenvalue weighted by molar-refractivity contribution is 7.15. The van der Waals surface area contributed by atoms with Crippen LogP contribution in [0.1, 0.15) is 27.6 Å². The van der Waals surface area contributed by atoms with Crippen LogP contribution < -0.4 is 5.32 Å². The van der Waals surface area contributed by atoms with Crippen LogP contribution in [0.4, 0.5) is 5.00 Å². The Kier molecular flexibility index (Phi) is 6.20. The molecule has 0 bridgehead atoms. The lowest BCUT2D eigenvalue weighted by Crippen LogP contribution is -2.15. The van der Waals surface area contributed by atoms with Crippen molar-refractivity contribution in [2.75, 3.05) is 11.9 Å². The van der Waals surface area contributed by atoms with Crippen molar-refractivity contribution >= 4 is 50.5 Å². The lowest BCUT2D eigenvalue weighted by Gasteiger charge is -2.11. The third kappa shape index (κ3) is 4.23. The Bertz CT molecular complexity index is 1470. The zero-order chi connectivity index (χ0) is 23.5. The number of hydrogen-bond donors (Lipinski definition) is 1. The van der Waals surface area contributed by atoms with Gasteiger partial charge in [-0.2, -0.15) is 0 Å². The lowest BCUT2D eigenvalue weighted by molar-refractivity contribution is 0.0529. The Balaban J connectivity index is 1.58. The normalized spacial score (nSPS) is 10.9. The van der Waals surface area contributed by atoms with Crippen LogP contribution in [0.15, 0.2) is 83.6 Å². The Hall–Kier alpha value is -3.81. The summed E-state index contributed by atoms with van der Waals surface area (Å²) < 4.78 is 5.32. The number of esters is 1. The van der Waals surface area contributed by atoms with Gasteiger partial charge in [-0.05, 0) is 36.1 Å². The van der Waals surface area contributed by atoms with E-state index in [1.165, 1.54) is 11.3 Å². The van der Waals surface area contributed by atoms with Crippen molar-refractivity contribution in [1.82, 2.24) is 4.98 Å². The maximum atomic E-state index is 13.5. The number of thiophene rings is 2. The largest absolute Gasteiger partial charge is 0.462 e. The van der Waals surface area contributed by atoms with Crippen molar-refractivity contribution in [2.24, 2.45) is 0 Å². The van der Waals surface area contributed by atoms with Crippen LogP contribution in [-0.4, -0.2) is 23.5 Å². The molecule has 5 nitrogen and oxygen atoms in total. The Morgan fingerprint density at radius 2 is 1.76 bits per heavy atom. The number of anilines is 1. The van der Waals surface area contributed by atoms with Crippen molar-refractivity contribution in [2.45, 2.75) is 6.92 Å². The second-order valence-corrected chi connectivity index (χ2v) is 9.27. The molecule has 2 aromatic carbocycles. The molecule has 0 saturated carbocycles. The highest BCUT2D eigenvalue weighted by atomic mass is 32.1. The predicted octanol–water partition coefficient (Wildman–Crippen LogP) is 7.12. The van der Waals surface area contributed by atoms with E-state index in [1.807, 2.05) is 77.5 Å². The van der Waals surface area contributed by atoms with E-state index in [1.54, 1.807) is 24.3 Å². The number of nitrogens with zero attached hydrogens (tertiary/aromatic N) is 1. The smallest absolute Gasteiger partial charge is 0.341 e. The first kappa shape index (κ1) is 22.0. The van der Waals surface area contributed by atoms with E-state index in [0.717, 1.165) is 32.6 Å². The average molecular weight is 485 g/mol. The van der Waals surface area contributed by atoms with Crippen molar-refractivity contribution < 1.29 is 14.3 Å². The fourth-order valence-corrected chi connectivity index (χ4v) is 5.41. The molecule has 34 heavy (non-hydrogen) atoms.